The Morgan fingerprint density at radius 1 is 1.14 bits per heavy atom. The lowest BCUT2D eigenvalue weighted by Gasteiger charge is -2.58. The van der Waals surface area contributed by atoms with E-state index >= 15 is 0 Å². The van der Waals surface area contributed by atoms with Crippen molar-refractivity contribution < 1.29 is 9.90 Å². The number of aliphatic hydroxyl groups is 1. The molecule has 0 bridgehead atoms. The third-order valence-corrected chi connectivity index (χ3v) is 8.19. The van der Waals surface area contributed by atoms with Gasteiger partial charge in [-0.25, -0.2) is 0 Å². The second-order valence-corrected chi connectivity index (χ2v) is 9.16. The highest BCUT2D eigenvalue weighted by Gasteiger charge is 2.60. The zero-order valence-corrected chi connectivity index (χ0v) is 14.4. The highest BCUT2D eigenvalue weighted by atomic mass is 35.5. The molecule has 0 radical (unpaired) electrons. The number of hydrogen-bond donors (Lipinski definition) is 1. The fourth-order valence-electron chi connectivity index (χ4n) is 6.36. The van der Waals surface area contributed by atoms with Crippen LogP contribution in [0.4, 0.5) is 0 Å². The molecule has 3 heteroatoms. The average molecular weight is 323 g/mol. The molecule has 4 rings (SSSR count). The van der Waals surface area contributed by atoms with E-state index in [0.29, 0.717) is 23.5 Å². The van der Waals surface area contributed by atoms with Gasteiger partial charge in [-0.1, -0.05) is 25.5 Å². The van der Waals surface area contributed by atoms with Crippen molar-refractivity contribution in [2.75, 3.05) is 0 Å². The predicted molar refractivity (Wildman–Crippen MR) is 87.7 cm³/mol. The molecule has 0 amide bonds. The number of halogens is 1. The van der Waals surface area contributed by atoms with Gasteiger partial charge in [-0.3, -0.25) is 4.79 Å². The number of rotatable bonds is 0. The van der Waals surface area contributed by atoms with Crippen LogP contribution in [0, 0.1) is 28.6 Å². The Morgan fingerprint density at radius 2 is 1.82 bits per heavy atom. The van der Waals surface area contributed by atoms with Crippen molar-refractivity contribution in [3.05, 3.63) is 11.6 Å². The van der Waals surface area contributed by atoms with Gasteiger partial charge in [0.15, 0.2) is 0 Å². The molecule has 0 heterocycles. The van der Waals surface area contributed by atoms with E-state index in [1.54, 1.807) is 0 Å². The number of alkyl halides is 1. The average Bonchev–Trinajstić information content (AvgIpc) is 2.77. The molecule has 0 aromatic heterocycles. The number of aliphatic hydroxyl groups excluding tert-OH is 1. The minimum absolute atomic E-state index is 0.0360. The summed E-state index contributed by atoms with van der Waals surface area (Å²) in [4.78, 5) is 12.4. The summed E-state index contributed by atoms with van der Waals surface area (Å²) in [6.45, 7) is 4.59. The van der Waals surface area contributed by atoms with Crippen LogP contribution in [-0.4, -0.2) is 22.4 Å². The summed E-state index contributed by atoms with van der Waals surface area (Å²) in [6.07, 6.45) is 8.77. The van der Waals surface area contributed by atoms with E-state index in [0.717, 1.165) is 44.9 Å². The van der Waals surface area contributed by atoms with Gasteiger partial charge in [0.1, 0.15) is 5.78 Å². The summed E-state index contributed by atoms with van der Waals surface area (Å²) in [7, 11) is 0. The van der Waals surface area contributed by atoms with Crippen LogP contribution >= 0.6 is 11.6 Å². The van der Waals surface area contributed by atoms with Gasteiger partial charge in [-0.05, 0) is 61.7 Å². The summed E-state index contributed by atoms with van der Waals surface area (Å²) in [5.74, 6) is 1.96. The van der Waals surface area contributed by atoms with Gasteiger partial charge in [-0.2, -0.15) is 0 Å². The number of ketones is 1. The normalized spacial score (nSPS) is 54.3. The van der Waals surface area contributed by atoms with Crippen LogP contribution in [0.15, 0.2) is 11.6 Å². The zero-order valence-electron chi connectivity index (χ0n) is 13.6. The monoisotopic (exact) mass is 322 g/mol. The summed E-state index contributed by atoms with van der Waals surface area (Å²) in [6, 6.07) is 0. The van der Waals surface area contributed by atoms with Crippen LogP contribution < -0.4 is 0 Å². The first-order valence-electron chi connectivity index (χ1n) is 8.93. The number of carbonyl (C=O) groups excluding carboxylic acids is 1. The highest BCUT2D eigenvalue weighted by Crippen LogP contribution is 2.64. The molecule has 0 saturated heterocycles. The van der Waals surface area contributed by atoms with Crippen molar-refractivity contribution in [2.45, 2.75) is 70.3 Å². The fraction of sp³-hybridized carbons (Fsp3) is 0.842. The van der Waals surface area contributed by atoms with Crippen molar-refractivity contribution >= 4 is 17.4 Å². The van der Waals surface area contributed by atoms with Crippen LogP contribution in [0.5, 0.6) is 0 Å². The van der Waals surface area contributed by atoms with Gasteiger partial charge < -0.3 is 5.11 Å². The quantitative estimate of drug-likeness (QED) is 0.538. The molecule has 122 valence electrons. The van der Waals surface area contributed by atoms with Gasteiger partial charge in [0, 0.05) is 11.8 Å². The van der Waals surface area contributed by atoms with Gasteiger partial charge >= 0.3 is 0 Å². The van der Waals surface area contributed by atoms with E-state index in [4.69, 9.17) is 11.6 Å². The molecule has 1 N–H and O–H groups in total. The molecule has 3 fully saturated rings. The van der Waals surface area contributed by atoms with E-state index in [-0.39, 0.29) is 22.3 Å². The highest BCUT2D eigenvalue weighted by molar-refractivity contribution is 6.22. The molecule has 7 atom stereocenters. The van der Waals surface area contributed by atoms with Crippen LogP contribution in [0.25, 0.3) is 0 Å². The maximum absolute atomic E-state index is 12.4. The van der Waals surface area contributed by atoms with Crippen LogP contribution in [0.1, 0.15) is 58.8 Å². The minimum Gasteiger partial charge on any atom is -0.393 e. The van der Waals surface area contributed by atoms with E-state index in [1.165, 1.54) is 5.57 Å². The Kier molecular flexibility index (Phi) is 3.34. The number of Topliss-reactive ketones (excluding diaryl/α,β-unsaturated/α-hetero) is 1. The molecule has 3 saturated carbocycles. The smallest absolute Gasteiger partial charge is 0.139 e. The lowest BCUT2D eigenvalue weighted by Crippen LogP contribution is -2.53. The Balaban J connectivity index is 1.75. The van der Waals surface area contributed by atoms with E-state index in [9.17, 15) is 9.90 Å². The first-order chi connectivity index (χ1) is 10.4. The number of allylic oxidation sites excluding steroid dienone is 1. The lowest BCUT2D eigenvalue weighted by atomic mass is 9.48. The van der Waals surface area contributed by atoms with Crippen LogP contribution in [0.3, 0.4) is 0 Å². The third kappa shape index (κ3) is 1.86. The van der Waals surface area contributed by atoms with E-state index < -0.39 is 0 Å². The Labute approximate surface area is 138 Å². The Bertz CT molecular complexity index is 542. The van der Waals surface area contributed by atoms with Gasteiger partial charge in [0.25, 0.3) is 0 Å². The number of hydrogen-bond acceptors (Lipinski definition) is 2. The first kappa shape index (κ1) is 15.2. The molecule has 22 heavy (non-hydrogen) atoms. The van der Waals surface area contributed by atoms with Crippen LogP contribution in [0.2, 0.25) is 0 Å². The van der Waals surface area contributed by atoms with Crippen molar-refractivity contribution in [1.82, 2.24) is 0 Å². The molecular weight excluding hydrogens is 296 g/mol. The summed E-state index contributed by atoms with van der Waals surface area (Å²) in [5, 5.41) is 10.1. The SMILES string of the molecule is C[C@]12CC[C@H](O)CC1=CC(Cl)[C@@H]1[C@@H]2CC[C@]2(C)C(=O)CC[C@@H]12. The molecular formula is C19H27ClO2. The second-order valence-electron chi connectivity index (χ2n) is 8.66. The van der Waals surface area contributed by atoms with Gasteiger partial charge in [-0.15, -0.1) is 11.6 Å². The lowest BCUT2D eigenvalue weighted by molar-refractivity contribution is -0.131. The zero-order chi connectivity index (χ0) is 15.7. The topological polar surface area (TPSA) is 37.3 Å². The molecule has 0 aliphatic heterocycles. The molecule has 4 aliphatic rings. The molecule has 0 aromatic carbocycles. The standard InChI is InChI=1S/C19H27ClO2/c1-18-7-5-12(21)9-11(18)10-15(20)17-13-3-4-16(22)19(13,2)8-6-14(17)18/h10,12-15,17,21H,3-9H2,1-2H3/t12-,13-,14-,15?,17-,18-,19-/m0/s1. The maximum atomic E-state index is 12.4. The largest absolute Gasteiger partial charge is 0.393 e. The number of carbonyl (C=O) groups is 1. The minimum atomic E-state index is -0.193. The predicted octanol–water partition coefficient (Wildman–Crippen LogP) is 4.10. The van der Waals surface area contributed by atoms with Crippen molar-refractivity contribution in [2.24, 2.45) is 28.6 Å². The first-order valence-corrected chi connectivity index (χ1v) is 9.36. The Hall–Kier alpha value is -0.340. The fourth-order valence-corrected chi connectivity index (χ4v) is 6.86. The molecule has 0 spiro atoms. The summed E-state index contributed by atoms with van der Waals surface area (Å²) in [5.41, 5.74) is 1.47. The van der Waals surface area contributed by atoms with E-state index in [2.05, 4.69) is 19.9 Å². The molecule has 1 unspecified atom stereocenters. The maximum Gasteiger partial charge on any atom is 0.139 e. The van der Waals surface area contributed by atoms with Crippen molar-refractivity contribution in [3.63, 3.8) is 0 Å². The summed E-state index contributed by atoms with van der Waals surface area (Å²) < 4.78 is 0. The molecule has 4 aliphatic carbocycles. The van der Waals surface area contributed by atoms with Crippen molar-refractivity contribution in [1.29, 1.82) is 0 Å². The number of fused-ring (bicyclic) bond motifs is 5. The van der Waals surface area contributed by atoms with Gasteiger partial charge in [0.2, 0.25) is 0 Å². The second kappa shape index (κ2) is 4.83. The van der Waals surface area contributed by atoms with E-state index in [1.807, 2.05) is 0 Å². The van der Waals surface area contributed by atoms with Crippen LogP contribution in [-0.2, 0) is 4.79 Å². The van der Waals surface area contributed by atoms with Gasteiger partial charge in [0.05, 0.1) is 11.5 Å². The molecule has 2 nitrogen and oxygen atoms in total. The Morgan fingerprint density at radius 3 is 2.59 bits per heavy atom. The summed E-state index contributed by atoms with van der Waals surface area (Å²) >= 11 is 6.83. The molecule has 0 aromatic rings. The third-order valence-electron chi connectivity index (χ3n) is 7.77. The van der Waals surface area contributed by atoms with Crippen molar-refractivity contribution in [3.8, 4) is 0 Å².